The largest absolute Gasteiger partial charge is 0.377 e. The van der Waals surface area contributed by atoms with Gasteiger partial charge in [-0.05, 0) is 20.8 Å². The fraction of sp³-hybridized carbons (Fsp3) is 0.583. The van der Waals surface area contributed by atoms with Crippen molar-refractivity contribution in [1.82, 2.24) is 15.3 Å². The maximum absolute atomic E-state index is 11.9. The van der Waals surface area contributed by atoms with E-state index in [-0.39, 0.29) is 5.91 Å². The van der Waals surface area contributed by atoms with Crippen molar-refractivity contribution in [1.29, 1.82) is 0 Å². The summed E-state index contributed by atoms with van der Waals surface area (Å²) in [6.45, 7) is 6.89. The molecule has 6 nitrogen and oxygen atoms in total. The number of hydrogen-bond acceptors (Lipinski definition) is 5. The van der Waals surface area contributed by atoms with Gasteiger partial charge in [-0.3, -0.25) is 9.78 Å². The van der Waals surface area contributed by atoms with Gasteiger partial charge in [-0.2, -0.15) is 0 Å². The molecular weight excluding hydrogens is 232 g/mol. The van der Waals surface area contributed by atoms with Crippen LogP contribution in [-0.4, -0.2) is 41.7 Å². The van der Waals surface area contributed by atoms with Crippen molar-refractivity contribution in [2.75, 3.05) is 25.5 Å². The van der Waals surface area contributed by atoms with Crippen molar-refractivity contribution >= 4 is 11.7 Å². The van der Waals surface area contributed by atoms with Crippen molar-refractivity contribution in [3.05, 3.63) is 18.1 Å². The summed E-state index contributed by atoms with van der Waals surface area (Å²) in [5, 5.41) is 5.77. The van der Waals surface area contributed by atoms with E-state index in [0.717, 1.165) is 6.54 Å². The third-order valence-corrected chi connectivity index (χ3v) is 2.45. The molecule has 0 aliphatic carbocycles. The SMILES string of the molecule is CCNc1cncc(C(=O)NCC(C)(C)OC)n1. The van der Waals surface area contributed by atoms with E-state index in [1.165, 1.54) is 6.20 Å². The zero-order valence-corrected chi connectivity index (χ0v) is 11.3. The summed E-state index contributed by atoms with van der Waals surface area (Å²) < 4.78 is 5.22. The number of aromatic nitrogens is 2. The van der Waals surface area contributed by atoms with E-state index in [1.807, 2.05) is 20.8 Å². The fourth-order valence-electron chi connectivity index (χ4n) is 1.20. The first-order chi connectivity index (χ1) is 8.48. The standard InChI is InChI=1S/C12H20N4O2/c1-5-14-10-7-13-6-9(16-10)11(17)15-8-12(2,3)18-4/h6-7H,5,8H2,1-4H3,(H,14,16)(H,15,17). The molecule has 0 aromatic carbocycles. The number of amides is 1. The molecule has 6 heteroatoms. The van der Waals surface area contributed by atoms with Crippen molar-refractivity contribution in [2.45, 2.75) is 26.4 Å². The van der Waals surface area contributed by atoms with Crippen LogP contribution in [0.15, 0.2) is 12.4 Å². The van der Waals surface area contributed by atoms with Gasteiger partial charge < -0.3 is 15.4 Å². The zero-order valence-electron chi connectivity index (χ0n) is 11.3. The molecule has 0 radical (unpaired) electrons. The van der Waals surface area contributed by atoms with Crippen molar-refractivity contribution < 1.29 is 9.53 Å². The number of methoxy groups -OCH3 is 1. The van der Waals surface area contributed by atoms with Gasteiger partial charge in [0.05, 0.1) is 18.0 Å². The first-order valence-corrected chi connectivity index (χ1v) is 5.88. The van der Waals surface area contributed by atoms with Crippen LogP contribution in [0.3, 0.4) is 0 Å². The molecule has 18 heavy (non-hydrogen) atoms. The number of hydrogen-bond donors (Lipinski definition) is 2. The first kappa shape index (κ1) is 14.4. The van der Waals surface area contributed by atoms with Gasteiger partial charge in [-0.15, -0.1) is 0 Å². The highest BCUT2D eigenvalue weighted by atomic mass is 16.5. The quantitative estimate of drug-likeness (QED) is 0.792. The van der Waals surface area contributed by atoms with Gasteiger partial charge in [-0.25, -0.2) is 4.98 Å². The zero-order chi connectivity index (χ0) is 13.6. The van der Waals surface area contributed by atoms with Crippen LogP contribution in [0.2, 0.25) is 0 Å². The Kier molecular flexibility index (Phi) is 5.03. The summed E-state index contributed by atoms with van der Waals surface area (Å²) in [4.78, 5) is 20.0. The Bertz CT molecular complexity index is 407. The number of nitrogens with zero attached hydrogens (tertiary/aromatic N) is 2. The van der Waals surface area contributed by atoms with Crippen LogP contribution in [0.5, 0.6) is 0 Å². The van der Waals surface area contributed by atoms with Gasteiger partial charge in [0, 0.05) is 20.2 Å². The number of carbonyl (C=O) groups excluding carboxylic acids is 1. The van der Waals surface area contributed by atoms with Crippen LogP contribution in [-0.2, 0) is 4.74 Å². The van der Waals surface area contributed by atoms with Crippen molar-refractivity contribution in [3.8, 4) is 0 Å². The summed E-state index contributed by atoms with van der Waals surface area (Å²) in [6.07, 6.45) is 3.02. The second-order valence-electron chi connectivity index (χ2n) is 4.47. The molecule has 0 aliphatic heterocycles. The molecule has 0 atom stereocenters. The number of anilines is 1. The number of carbonyl (C=O) groups is 1. The second-order valence-corrected chi connectivity index (χ2v) is 4.47. The highest BCUT2D eigenvalue weighted by molar-refractivity contribution is 5.92. The molecule has 0 unspecified atom stereocenters. The Morgan fingerprint density at radius 2 is 2.17 bits per heavy atom. The van der Waals surface area contributed by atoms with Crippen molar-refractivity contribution in [3.63, 3.8) is 0 Å². The fourth-order valence-corrected chi connectivity index (χ4v) is 1.20. The van der Waals surface area contributed by atoms with Crippen LogP contribution < -0.4 is 10.6 Å². The average molecular weight is 252 g/mol. The Labute approximate surface area is 107 Å². The van der Waals surface area contributed by atoms with E-state index in [1.54, 1.807) is 13.3 Å². The molecule has 0 spiro atoms. The predicted octanol–water partition coefficient (Wildman–Crippen LogP) is 1.06. The molecule has 0 saturated carbocycles. The van der Waals surface area contributed by atoms with Crippen LogP contribution in [0.4, 0.5) is 5.82 Å². The average Bonchev–Trinajstić information content (AvgIpc) is 2.37. The van der Waals surface area contributed by atoms with Gasteiger partial charge >= 0.3 is 0 Å². The molecule has 1 amide bonds. The number of ether oxygens (including phenoxy) is 1. The molecule has 0 fully saturated rings. The molecule has 0 aliphatic rings. The summed E-state index contributed by atoms with van der Waals surface area (Å²) in [5.74, 6) is 0.337. The van der Waals surface area contributed by atoms with E-state index >= 15 is 0 Å². The molecule has 1 aromatic heterocycles. The minimum Gasteiger partial charge on any atom is -0.377 e. The van der Waals surface area contributed by atoms with Gasteiger partial charge in [0.25, 0.3) is 5.91 Å². The number of rotatable bonds is 6. The minimum absolute atomic E-state index is 0.257. The van der Waals surface area contributed by atoms with Gasteiger partial charge in [-0.1, -0.05) is 0 Å². The maximum atomic E-state index is 11.9. The molecule has 0 saturated heterocycles. The van der Waals surface area contributed by atoms with Crippen LogP contribution >= 0.6 is 0 Å². The minimum atomic E-state index is -0.400. The van der Waals surface area contributed by atoms with Crippen LogP contribution in [0.1, 0.15) is 31.3 Å². The third kappa shape index (κ3) is 4.29. The van der Waals surface area contributed by atoms with Crippen LogP contribution in [0, 0.1) is 0 Å². The molecular formula is C12H20N4O2. The summed E-state index contributed by atoms with van der Waals surface area (Å²) in [7, 11) is 1.61. The van der Waals surface area contributed by atoms with E-state index < -0.39 is 5.60 Å². The molecule has 100 valence electrons. The van der Waals surface area contributed by atoms with Gasteiger partial charge in [0.2, 0.25) is 0 Å². The molecule has 0 bridgehead atoms. The van der Waals surface area contributed by atoms with Crippen molar-refractivity contribution in [2.24, 2.45) is 0 Å². The molecule has 1 heterocycles. The Hall–Kier alpha value is -1.69. The van der Waals surface area contributed by atoms with Crippen LogP contribution in [0.25, 0.3) is 0 Å². The summed E-state index contributed by atoms with van der Waals surface area (Å²) in [5.41, 5.74) is -0.108. The Morgan fingerprint density at radius 3 is 2.78 bits per heavy atom. The van der Waals surface area contributed by atoms with E-state index in [4.69, 9.17) is 4.74 Å². The lowest BCUT2D eigenvalue weighted by Gasteiger charge is -2.22. The number of nitrogens with one attached hydrogen (secondary N) is 2. The molecule has 1 rings (SSSR count). The Balaban J connectivity index is 2.64. The van der Waals surface area contributed by atoms with Gasteiger partial charge in [0.1, 0.15) is 11.5 Å². The summed E-state index contributed by atoms with van der Waals surface area (Å²) in [6, 6.07) is 0. The summed E-state index contributed by atoms with van der Waals surface area (Å²) >= 11 is 0. The molecule has 1 aromatic rings. The first-order valence-electron chi connectivity index (χ1n) is 5.88. The lowest BCUT2D eigenvalue weighted by molar-refractivity contribution is 0.0228. The normalized spacial score (nSPS) is 11.1. The monoisotopic (exact) mass is 252 g/mol. The lowest BCUT2D eigenvalue weighted by Crippen LogP contribution is -2.40. The van der Waals surface area contributed by atoms with Gasteiger partial charge in [0.15, 0.2) is 0 Å². The van der Waals surface area contributed by atoms with E-state index in [0.29, 0.717) is 18.1 Å². The third-order valence-electron chi connectivity index (χ3n) is 2.45. The smallest absolute Gasteiger partial charge is 0.271 e. The highest BCUT2D eigenvalue weighted by Crippen LogP contribution is 2.06. The maximum Gasteiger partial charge on any atom is 0.271 e. The van der Waals surface area contributed by atoms with E-state index in [9.17, 15) is 4.79 Å². The topological polar surface area (TPSA) is 76.1 Å². The predicted molar refractivity (Wildman–Crippen MR) is 69.6 cm³/mol. The van der Waals surface area contributed by atoms with E-state index in [2.05, 4.69) is 20.6 Å². The second kappa shape index (κ2) is 6.30. The Morgan fingerprint density at radius 1 is 1.44 bits per heavy atom. The lowest BCUT2D eigenvalue weighted by atomic mass is 10.1. The molecule has 2 N–H and O–H groups in total. The highest BCUT2D eigenvalue weighted by Gasteiger charge is 2.18.